The first kappa shape index (κ1) is 13.9. The van der Waals surface area contributed by atoms with Gasteiger partial charge in [-0.3, -0.25) is 4.79 Å². The lowest BCUT2D eigenvalue weighted by atomic mass is 10.1. The Kier molecular flexibility index (Phi) is 6.30. The largest absolute Gasteiger partial charge is 0.383 e. The third kappa shape index (κ3) is 4.39. The quantitative estimate of drug-likeness (QED) is 0.799. The minimum absolute atomic E-state index is 0.00494. The van der Waals surface area contributed by atoms with E-state index in [1.165, 1.54) is 0 Å². The number of carbonyl (C=O) groups is 1. The van der Waals surface area contributed by atoms with Crippen LogP contribution >= 0.6 is 33.9 Å². The van der Waals surface area contributed by atoms with Crippen LogP contribution in [0, 0.1) is 2.88 Å². The van der Waals surface area contributed by atoms with E-state index < -0.39 is 0 Å². The molecule has 16 heavy (non-hydrogen) atoms. The highest BCUT2D eigenvalue weighted by molar-refractivity contribution is 14.1. The summed E-state index contributed by atoms with van der Waals surface area (Å²) in [6.07, 6.45) is 1.98. The maximum atomic E-state index is 11.9. The molecule has 1 atom stereocenters. The van der Waals surface area contributed by atoms with Gasteiger partial charge in [-0.05, 0) is 35.1 Å². The van der Waals surface area contributed by atoms with E-state index in [9.17, 15) is 4.79 Å². The van der Waals surface area contributed by atoms with Crippen LogP contribution in [0.25, 0.3) is 0 Å². The third-order valence-corrected chi connectivity index (χ3v) is 3.96. The van der Waals surface area contributed by atoms with Gasteiger partial charge < -0.3 is 10.1 Å². The van der Waals surface area contributed by atoms with Crippen molar-refractivity contribution in [2.75, 3.05) is 13.7 Å². The molecule has 0 aliphatic heterocycles. The number of amides is 1. The molecule has 1 aromatic rings. The molecule has 1 rings (SSSR count). The van der Waals surface area contributed by atoms with E-state index in [1.54, 1.807) is 18.4 Å². The summed E-state index contributed by atoms with van der Waals surface area (Å²) >= 11 is 3.80. The molecule has 0 saturated carbocycles. The number of halogens is 1. The number of hydrogen-bond acceptors (Lipinski definition) is 3. The summed E-state index contributed by atoms with van der Waals surface area (Å²) in [5.41, 5.74) is 0.742. The van der Waals surface area contributed by atoms with E-state index in [0.29, 0.717) is 6.61 Å². The van der Waals surface area contributed by atoms with Crippen molar-refractivity contribution in [1.29, 1.82) is 0 Å². The van der Waals surface area contributed by atoms with Gasteiger partial charge in [-0.1, -0.05) is 13.3 Å². The molecule has 0 aromatic carbocycles. The van der Waals surface area contributed by atoms with Gasteiger partial charge in [0.1, 0.15) is 0 Å². The van der Waals surface area contributed by atoms with Crippen LogP contribution < -0.4 is 5.32 Å². The van der Waals surface area contributed by atoms with E-state index >= 15 is 0 Å². The Hall–Kier alpha value is -0.140. The predicted octanol–water partition coefficient (Wildman–Crippen LogP) is 2.90. The topological polar surface area (TPSA) is 38.3 Å². The zero-order valence-corrected chi connectivity index (χ0v) is 12.4. The van der Waals surface area contributed by atoms with Crippen LogP contribution in [0.3, 0.4) is 0 Å². The summed E-state index contributed by atoms with van der Waals surface area (Å²) < 4.78 is 6.21. The predicted molar refractivity (Wildman–Crippen MR) is 75.1 cm³/mol. The molecule has 1 amide bonds. The lowest BCUT2D eigenvalue weighted by Gasteiger charge is -2.16. The maximum Gasteiger partial charge on any atom is 0.252 e. The molecule has 1 aromatic heterocycles. The molecular weight excluding hydrogens is 337 g/mol. The minimum Gasteiger partial charge on any atom is -0.383 e. The fourth-order valence-electron chi connectivity index (χ4n) is 1.44. The Balaban J connectivity index is 2.54. The van der Waals surface area contributed by atoms with Crippen molar-refractivity contribution >= 4 is 39.8 Å². The monoisotopic (exact) mass is 353 g/mol. The van der Waals surface area contributed by atoms with E-state index in [0.717, 1.165) is 21.3 Å². The highest BCUT2D eigenvalue weighted by Crippen LogP contribution is 2.16. The molecule has 0 fully saturated rings. The Morgan fingerprint density at radius 1 is 1.69 bits per heavy atom. The molecule has 0 bridgehead atoms. The Morgan fingerprint density at radius 3 is 2.94 bits per heavy atom. The highest BCUT2D eigenvalue weighted by Gasteiger charge is 2.13. The van der Waals surface area contributed by atoms with Crippen molar-refractivity contribution < 1.29 is 9.53 Å². The number of methoxy groups -OCH3 is 1. The molecule has 0 radical (unpaired) electrons. The van der Waals surface area contributed by atoms with Gasteiger partial charge in [-0.2, -0.15) is 0 Å². The Morgan fingerprint density at radius 2 is 2.44 bits per heavy atom. The second kappa shape index (κ2) is 7.24. The highest BCUT2D eigenvalue weighted by atomic mass is 127. The van der Waals surface area contributed by atoms with Gasteiger partial charge in [0.15, 0.2) is 0 Å². The first-order valence-electron chi connectivity index (χ1n) is 5.21. The van der Waals surface area contributed by atoms with Crippen LogP contribution in [0.1, 0.15) is 30.1 Å². The molecule has 0 spiro atoms. The van der Waals surface area contributed by atoms with Crippen LogP contribution in [0.4, 0.5) is 0 Å². The third-order valence-electron chi connectivity index (χ3n) is 2.17. The number of rotatable bonds is 6. The molecule has 1 N–H and O–H groups in total. The SMILES string of the molecule is CCCC(COC)NC(=O)c1csc(I)c1. The number of carbonyl (C=O) groups excluding carboxylic acids is 1. The lowest BCUT2D eigenvalue weighted by Crippen LogP contribution is -2.37. The number of nitrogens with one attached hydrogen (secondary N) is 1. The summed E-state index contributed by atoms with van der Waals surface area (Å²) in [6, 6.07) is 2.01. The average Bonchev–Trinajstić information content (AvgIpc) is 2.65. The fraction of sp³-hybridized carbons (Fsp3) is 0.545. The van der Waals surface area contributed by atoms with E-state index in [4.69, 9.17) is 4.74 Å². The van der Waals surface area contributed by atoms with Crippen molar-refractivity contribution in [1.82, 2.24) is 5.32 Å². The van der Waals surface area contributed by atoms with Crippen LogP contribution in [0.2, 0.25) is 0 Å². The first-order valence-corrected chi connectivity index (χ1v) is 7.17. The summed E-state index contributed by atoms with van der Waals surface area (Å²) in [5, 5.41) is 4.87. The number of hydrogen-bond donors (Lipinski definition) is 1. The van der Waals surface area contributed by atoms with Crippen molar-refractivity contribution in [3.05, 3.63) is 19.9 Å². The lowest BCUT2D eigenvalue weighted by molar-refractivity contribution is 0.0892. The van der Waals surface area contributed by atoms with Gasteiger partial charge >= 0.3 is 0 Å². The second-order valence-corrected chi connectivity index (χ2v) is 6.36. The van der Waals surface area contributed by atoms with Gasteiger partial charge in [0.2, 0.25) is 0 Å². The van der Waals surface area contributed by atoms with Crippen molar-refractivity contribution in [3.63, 3.8) is 0 Å². The van der Waals surface area contributed by atoms with Gasteiger partial charge in [0, 0.05) is 12.5 Å². The molecule has 0 aliphatic rings. The molecule has 1 heterocycles. The van der Waals surface area contributed by atoms with Crippen LogP contribution in [0.15, 0.2) is 11.4 Å². The molecule has 5 heteroatoms. The zero-order valence-electron chi connectivity index (χ0n) is 9.46. The molecule has 1 unspecified atom stereocenters. The molecular formula is C11H16INO2S. The summed E-state index contributed by atoms with van der Waals surface area (Å²) in [5.74, 6) is -0.00494. The summed E-state index contributed by atoms with van der Waals surface area (Å²) in [4.78, 5) is 11.9. The molecule has 0 aliphatic carbocycles. The van der Waals surface area contributed by atoms with Crippen LogP contribution in [0.5, 0.6) is 0 Å². The van der Waals surface area contributed by atoms with Gasteiger partial charge in [0.25, 0.3) is 5.91 Å². The average molecular weight is 353 g/mol. The first-order chi connectivity index (χ1) is 7.67. The standard InChI is InChI=1S/C11H16INO2S/c1-3-4-9(6-15-2)13-11(14)8-5-10(12)16-7-8/h5,7,9H,3-4,6H2,1-2H3,(H,13,14). The van der Waals surface area contributed by atoms with Crippen LogP contribution in [-0.2, 0) is 4.74 Å². The summed E-state index contributed by atoms with van der Waals surface area (Å²) in [7, 11) is 1.66. The van der Waals surface area contributed by atoms with Gasteiger partial charge in [-0.25, -0.2) is 0 Å². The maximum absolute atomic E-state index is 11.9. The molecule has 0 saturated heterocycles. The van der Waals surface area contributed by atoms with E-state index in [2.05, 4.69) is 34.8 Å². The molecule has 90 valence electrons. The van der Waals surface area contributed by atoms with Crippen molar-refractivity contribution in [2.24, 2.45) is 0 Å². The minimum atomic E-state index is -0.00494. The van der Waals surface area contributed by atoms with E-state index in [1.807, 2.05) is 11.4 Å². The molecule has 3 nitrogen and oxygen atoms in total. The zero-order chi connectivity index (χ0) is 12.0. The fourth-order valence-corrected chi connectivity index (χ4v) is 2.77. The van der Waals surface area contributed by atoms with Gasteiger partial charge in [0.05, 0.1) is 21.1 Å². The van der Waals surface area contributed by atoms with Gasteiger partial charge in [-0.15, -0.1) is 11.3 Å². The van der Waals surface area contributed by atoms with E-state index in [-0.39, 0.29) is 11.9 Å². The second-order valence-electron chi connectivity index (χ2n) is 3.55. The smallest absolute Gasteiger partial charge is 0.252 e. The number of ether oxygens (including phenoxy) is 1. The Bertz CT molecular complexity index is 334. The van der Waals surface area contributed by atoms with Crippen molar-refractivity contribution in [2.45, 2.75) is 25.8 Å². The Labute approximate surface area is 114 Å². The normalized spacial score (nSPS) is 12.4. The number of thiophene rings is 1. The van der Waals surface area contributed by atoms with Crippen LogP contribution in [-0.4, -0.2) is 25.7 Å². The summed E-state index contributed by atoms with van der Waals surface area (Å²) in [6.45, 7) is 2.67. The van der Waals surface area contributed by atoms with Crippen molar-refractivity contribution in [3.8, 4) is 0 Å².